The summed E-state index contributed by atoms with van der Waals surface area (Å²) in [6.07, 6.45) is 9.58. The Hall–Kier alpha value is -0.0800. The molecule has 0 aliphatic carbocycles. The predicted molar refractivity (Wildman–Crippen MR) is 65.2 cm³/mol. The maximum atomic E-state index is 5.62. The predicted octanol–water partition coefficient (Wildman–Crippen LogP) is 3.11. The number of nitrogens with one attached hydrogen (secondary N) is 1. The summed E-state index contributed by atoms with van der Waals surface area (Å²) >= 11 is 0. The molecular formula is C13H27NO. The van der Waals surface area contributed by atoms with Crippen molar-refractivity contribution in [1.29, 1.82) is 0 Å². The lowest BCUT2D eigenvalue weighted by Crippen LogP contribution is -2.35. The van der Waals surface area contributed by atoms with Gasteiger partial charge in [0.05, 0.1) is 6.10 Å². The monoisotopic (exact) mass is 213 g/mol. The zero-order chi connectivity index (χ0) is 10.9. The van der Waals surface area contributed by atoms with Crippen molar-refractivity contribution in [2.75, 3.05) is 13.2 Å². The van der Waals surface area contributed by atoms with Gasteiger partial charge in [-0.3, -0.25) is 0 Å². The molecule has 0 bridgehead atoms. The van der Waals surface area contributed by atoms with Crippen LogP contribution >= 0.6 is 0 Å². The van der Waals surface area contributed by atoms with E-state index in [-0.39, 0.29) is 0 Å². The lowest BCUT2D eigenvalue weighted by molar-refractivity contribution is 0.106. The minimum absolute atomic E-state index is 0.492. The first-order valence-electron chi connectivity index (χ1n) is 6.71. The minimum Gasteiger partial charge on any atom is -0.377 e. The topological polar surface area (TPSA) is 21.3 Å². The van der Waals surface area contributed by atoms with Gasteiger partial charge < -0.3 is 10.1 Å². The molecule has 0 saturated carbocycles. The average molecular weight is 213 g/mol. The zero-order valence-corrected chi connectivity index (χ0v) is 10.4. The van der Waals surface area contributed by atoms with Gasteiger partial charge >= 0.3 is 0 Å². The van der Waals surface area contributed by atoms with Crippen LogP contribution < -0.4 is 5.32 Å². The van der Waals surface area contributed by atoms with Gasteiger partial charge in [0.25, 0.3) is 0 Å². The molecular weight excluding hydrogens is 186 g/mol. The van der Waals surface area contributed by atoms with Gasteiger partial charge in [-0.05, 0) is 25.7 Å². The lowest BCUT2D eigenvalue weighted by Gasteiger charge is -2.20. The van der Waals surface area contributed by atoms with E-state index in [1.165, 1.54) is 44.9 Å². The number of rotatable bonds is 8. The molecule has 0 aromatic rings. The number of ether oxygens (including phenoxy) is 1. The van der Waals surface area contributed by atoms with E-state index in [9.17, 15) is 0 Å². The van der Waals surface area contributed by atoms with E-state index in [1.54, 1.807) is 0 Å². The molecule has 0 amide bonds. The van der Waals surface area contributed by atoms with E-state index >= 15 is 0 Å². The normalized spacial score (nSPS) is 23.2. The van der Waals surface area contributed by atoms with Crippen LogP contribution in [0.2, 0.25) is 0 Å². The third-order valence-electron chi connectivity index (χ3n) is 3.20. The molecule has 1 saturated heterocycles. The molecule has 1 fully saturated rings. The van der Waals surface area contributed by atoms with Crippen LogP contribution in [0.25, 0.3) is 0 Å². The molecule has 0 spiro atoms. The second-order valence-electron chi connectivity index (χ2n) is 4.67. The zero-order valence-electron chi connectivity index (χ0n) is 10.4. The second kappa shape index (κ2) is 8.12. The Balaban J connectivity index is 2.11. The van der Waals surface area contributed by atoms with Gasteiger partial charge in [0, 0.05) is 19.2 Å². The summed E-state index contributed by atoms with van der Waals surface area (Å²) in [6.45, 7) is 6.57. The Bertz CT molecular complexity index is 143. The Labute approximate surface area is 94.8 Å². The highest BCUT2D eigenvalue weighted by Gasteiger charge is 2.16. The van der Waals surface area contributed by atoms with Gasteiger partial charge in [-0.1, -0.05) is 33.1 Å². The number of hydrogen-bond acceptors (Lipinski definition) is 2. The Kier molecular flexibility index (Phi) is 7.03. The SMILES string of the molecule is CCCCC(CCC)NCC1CCCO1. The first kappa shape index (κ1) is 13.0. The first-order valence-corrected chi connectivity index (χ1v) is 6.71. The molecule has 90 valence electrons. The van der Waals surface area contributed by atoms with Gasteiger partial charge in [0.1, 0.15) is 0 Å². The molecule has 1 rings (SSSR count). The van der Waals surface area contributed by atoms with Gasteiger partial charge in [0.2, 0.25) is 0 Å². The van der Waals surface area contributed by atoms with Gasteiger partial charge in [0.15, 0.2) is 0 Å². The van der Waals surface area contributed by atoms with Crippen molar-refractivity contribution < 1.29 is 4.74 Å². The summed E-state index contributed by atoms with van der Waals surface area (Å²) < 4.78 is 5.62. The molecule has 0 radical (unpaired) electrons. The third kappa shape index (κ3) is 5.53. The van der Waals surface area contributed by atoms with E-state index in [0.29, 0.717) is 6.10 Å². The summed E-state index contributed by atoms with van der Waals surface area (Å²) in [7, 11) is 0. The fourth-order valence-corrected chi connectivity index (χ4v) is 2.25. The Morgan fingerprint density at radius 3 is 2.73 bits per heavy atom. The van der Waals surface area contributed by atoms with E-state index in [4.69, 9.17) is 4.74 Å². The summed E-state index contributed by atoms with van der Waals surface area (Å²) in [4.78, 5) is 0. The molecule has 1 aliphatic heterocycles. The first-order chi connectivity index (χ1) is 7.36. The Morgan fingerprint density at radius 1 is 1.27 bits per heavy atom. The second-order valence-corrected chi connectivity index (χ2v) is 4.67. The van der Waals surface area contributed by atoms with E-state index in [1.807, 2.05) is 0 Å². The molecule has 1 N–H and O–H groups in total. The standard InChI is InChI=1S/C13H27NO/c1-3-5-8-12(7-4-2)14-11-13-9-6-10-15-13/h12-14H,3-11H2,1-2H3. The molecule has 0 aromatic carbocycles. The van der Waals surface area contributed by atoms with E-state index < -0.39 is 0 Å². The lowest BCUT2D eigenvalue weighted by atomic mass is 10.0. The summed E-state index contributed by atoms with van der Waals surface area (Å²) in [5, 5.41) is 3.67. The van der Waals surface area contributed by atoms with Crippen molar-refractivity contribution in [3.05, 3.63) is 0 Å². The van der Waals surface area contributed by atoms with Crippen molar-refractivity contribution in [1.82, 2.24) is 5.32 Å². The van der Waals surface area contributed by atoms with E-state index in [0.717, 1.165) is 19.2 Å². The third-order valence-corrected chi connectivity index (χ3v) is 3.20. The quantitative estimate of drug-likeness (QED) is 0.669. The highest BCUT2D eigenvalue weighted by molar-refractivity contribution is 4.72. The summed E-state index contributed by atoms with van der Waals surface area (Å²) in [6, 6.07) is 0.721. The van der Waals surface area contributed by atoms with Crippen LogP contribution in [0.1, 0.15) is 58.8 Å². The van der Waals surface area contributed by atoms with Crippen LogP contribution in [-0.4, -0.2) is 25.3 Å². The molecule has 2 unspecified atom stereocenters. The van der Waals surface area contributed by atoms with Crippen LogP contribution in [-0.2, 0) is 4.74 Å². The van der Waals surface area contributed by atoms with Gasteiger partial charge in [-0.2, -0.15) is 0 Å². The van der Waals surface area contributed by atoms with Crippen LogP contribution in [0.3, 0.4) is 0 Å². The fraction of sp³-hybridized carbons (Fsp3) is 1.00. The van der Waals surface area contributed by atoms with Gasteiger partial charge in [-0.15, -0.1) is 0 Å². The van der Waals surface area contributed by atoms with E-state index in [2.05, 4.69) is 19.2 Å². The molecule has 1 aliphatic rings. The van der Waals surface area contributed by atoms with Crippen molar-refractivity contribution in [2.24, 2.45) is 0 Å². The van der Waals surface area contributed by atoms with Crippen LogP contribution in [0.4, 0.5) is 0 Å². The maximum Gasteiger partial charge on any atom is 0.0700 e. The molecule has 1 heterocycles. The molecule has 2 heteroatoms. The van der Waals surface area contributed by atoms with Crippen LogP contribution in [0.15, 0.2) is 0 Å². The minimum atomic E-state index is 0.492. The highest BCUT2D eigenvalue weighted by Crippen LogP contribution is 2.12. The van der Waals surface area contributed by atoms with Crippen LogP contribution in [0.5, 0.6) is 0 Å². The molecule has 0 aromatic heterocycles. The van der Waals surface area contributed by atoms with Crippen molar-refractivity contribution in [3.63, 3.8) is 0 Å². The smallest absolute Gasteiger partial charge is 0.0700 e. The molecule has 2 atom stereocenters. The molecule has 2 nitrogen and oxygen atoms in total. The summed E-state index contributed by atoms with van der Waals surface area (Å²) in [5.41, 5.74) is 0. The molecule has 15 heavy (non-hydrogen) atoms. The number of hydrogen-bond donors (Lipinski definition) is 1. The largest absolute Gasteiger partial charge is 0.377 e. The van der Waals surface area contributed by atoms with Gasteiger partial charge in [-0.25, -0.2) is 0 Å². The summed E-state index contributed by atoms with van der Waals surface area (Å²) in [5.74, 6) is 0. The van der Waals surface area contributed by atoms with Crippen molar-refractivity contribution >= 4 is 0 Å². The number of unbranched alkanes of at least 4 members (excludes halogenated alkanes) is 1. The highest BCUT2D eigenvalue weighted by atomic mass is 16.5. The Morgan fingerprint density at radius 2 is 2.13 bits per heavy atom. The van der Waals surface area contributed by atoms with Crippen molar-refractivity contribution in [2.45, 2.75) is 70.9 Å². The average Bonchev–Trinajstić information content (AvgIpc) is 2.75. The maximum absolute atomic E-state index is 5.62. The fourth-order valence-electron chi connectivity index (χ4n) is 2.25. The van der Waals surface area contributed by atoms with Crippen molar-refractivity contribution in [3.8, 4) is 0 Å². The van der Waals surface area contributed by atoms with Crippen LogP contribution in [0, 0.1) is 0 Å².